The lowest BCUT2D eigenvalue weighted by molar-refractivity contribution is -0.155. The van der Waals surface area contributed by atoms with Crippen LogP contribution in [0, 0.1) is 11.8 Å². The Labute approximate surface area is 136 Å². The molecule has 1 aliphatic rings. The number of aliphatic carboxylic acids is 2. The molecule has 2 rings (SSSR count). The van der Waals surface area contributed by atoms with Crippen LogP contribution in [0.15, 0.2) is 30.3 Å². The Morgan fingerprint density at radius 1 is 1.09 bits per heavy atom. The van der Waals surface area contributed by atoms with Gasteiger partial charge in [0.25, 0.3) is 0 Å². The highest BCUT2D eigenvalue weighted by molar-refractivity contribution is 5.92. The van der Waals surface area contributed by atoms with Crippen molar-refractivity contribution in [1.29, 1.82) is 0 Å². The van der Waals surface area contributed by atoms with Gasteiger partial charge in [-0.1, -0.05) is 30.3 Å². The third kappa shape index (κ3) is 5.31. The quantitative estimate of drug-likeness (QED) is 0.785. The summed E-state index contributed by atoms with van der Waals surface area (Å²) < 4.78 is 0. The molecule has 0 spiro atoms. The molecule has 5 nitrogen and oxygen atoms in total. The van der Waals surface area contributed by atoms with Crippen LogP contribution in [0.1, 0.15) is 24.8 Å². The summed E-state index contributed by atoms with van der Waals surface area (Å²) in [5.41, 5.74) is 1.27. The zero-order chi connectivity index (χ0) is 15.2. The molecule has 0 bridgehead atoms. The van der Waals surface area contributed by atoms with Gasteiger partial charge in [-0.2, -0.15) is 0 Å². The standard InChI is InChI=1S/C16H21NO4.ClH/c18-15(19)14(16(20)21)10-12-6-8-17(9-7-12)11-13-4-2-1-3-5-13;/h1-5,12,14H,6-11H2,(H,18,19)(H,20,21);1H. The summed E-state index contributed by atoms with van der Waals surface area (Å²) in [5, 5.41) is 17.9. The molecular weight excluding hydrogens is 306 g/mol. The summed E-state index contributed by atoms with van der Waals surface area (Å²) in [6, 6.07) is 10.2. The van der Waals surface area contributed by atoms with Gasteiger partial charge in [0.1, 0.15) is 0 Å². The molecule has 0 atom stereocenters. The fraction of sp³-hybridized carbons (Fsp3) is 0.500. The first kappa shape index (κ1) is 18.5. The molecule has 1 aromatic rings. The average molecular weight is 328 g/mol. The molecule has 0 amide bonds. The van der Waals surface area contributed by atoms with Crippen LogP contribution in [-0.2, 0) is 16.1 Å². The van der Waals surface area contributed by atoms with Crippen molar-refractivity contribution in [1.82, 2.24) is 4.90 Å². The number of carboxylic acids is 2. The Morgan fingerprint density at radius 3 is 2.14 bits per heavy atom. The fourth-order valence-electron chi connectivity index (χ4n) is 2.86. The molecule has 0 aromatic heterocycles. The van der Waals surface area contributed by atoms with Crippen LogP contribution in [0.5, 0.6) is 0 Å². The maximum absolute atomic E-state index is 10.9. The number of nitrogens with zero attached hydrogens (tertiary/aromatic N) is 1. The normalized spacial score (nSPS) is 16.2. The summed E-state index contributed by atoms with van der Waals surface area (Å²) in [4.78, 5) is 24.2. The van der Waals surface area contributed by atoms with E-state index in [2.05, 4.69) is 17.0 Å². The molecule has 1 fully saturated rings. The molecule has 0 unspecified atom stereocenters. The maximum atomic E-state index is 10.9. The molecule has 1 heterocycles. The van der Waals surface area contributed by atoms with Gasteiger partial charge in [-0.25, -0.2) is 0 Å². The van der Waals surface area contributed by atoms with Gasteiger partial charge in [-0.15, -0.1) is 12.4 Å². The third-order valence-electron chi connectivity index (χ3n) is 4.12. The summed E-state index contributed by atoms with van der Waals surface area (Å²) >= 11 is 0. The Hall–Kier alpha value is -1.59. The highest BCUT2D eigenvalue weighted by Gasteiger charge is 2.30. The molecule has 1 aliphatic heterocycles. The minimum atomic E-state index is -1.27. The van der Waals surface area contributed by atoms with E-state index in [-0.39, 0.29) is 24.7 Å². The molecular formula is C16H22ClNO4. The van der Waals surface area contributed by atoms with E-state index in [4.69, 9.17) is 10.2 Å². The summed E-state index contributed by atoms with van der Waals surface area (Å²) in [5.74, 6) is -3.53. The van der Waals surface area contributed by atoms with E-state index in [1.807, 2.05) is 18.2 Å². The smallest absolute Gasteiger partial charge is 0.317 e. The van der Waals surface area contributed by atoms with E-state index in [0.29, 0.717) is 0 Å². The van der Waals surface area contributed by atoms with E-state index in [9.17, 15) is 9.59 Å². The summed E-state index contributed by atoms with van der Waals surface area (Å²) in [7, 11) is 0. The maximum Gasteiger partial charge on any atom is 0.317 e. The second kappa shape index (κ2) is 8.76. The number of carboxylic acid groups (broad SMARTS) is 2. The van der Waals surface area contributed by atoms with Crippen molar-refractivity contribution in [2.45, 2.75) is 25.8 Å². The Bertz CT molecular complexity index is 472. The highest BCUT2D eigenvalue weighted by atomic mass is 35.5. The molecule has 6 heteroatoms. The zero-order valence-corrected chi connectivity index (χ0v) is 13.2. The molecule has 22 heavy (non-hydrogen) atoms. The number of likely N-dealkylation sites (tertiary alicyclic amines) is 1. The van der Waals surface area contributed by atoms with Crippen molar-refractivity contribution in [2.75, 3.05) is 13.1 Å². The van der Waals surface area contributed by atoms with Crippen molar-refractivity contribution in [3.63, 3.8) is 0 Å². The van der Waals surface area contributed by atoms with E-state index in [0.717, 1.165) is 32.5 Å². The van der Waals surface area contributed by atoms with E-state index in [1.54, 1.807) is 0 Å². The number of halogens is 1. The number of carbonyl (C=O) groups is 2. The minimum Gasteiger partial charge on any atom is -0.481 e. The lowest BCUT2D eigenvalue weighted by atomic mass is 9.87. The van der Waals surface area contributed by atoms with Crippen molar-refractivity contribution in [2.24, 2.45) is 11.8 Å². The largest absolute Gasteiger partial charge is 0.481 e. The van der Waals surface area contributed by atoms with Gasteiger partial charge in [-0.05, 0) is 43.8 Å². The number of hydrogen-bond acceptors (Lipinski definition) is 3. The van der Waals surface area contributed by atoms with Crippen molar-refractivity contribution < 1.29 is 19.8 Å². The van der Waals surface area contributed by atoms with Crippen molar-refractivity contribution in [3.05, 3.63) is 35.9 Å². The van der Waals surface area contributed by atoms with Crippen molar-refractivity contribution >= 4 is 24.3 Å². The number of hydrogen-bond donors (Lipinski definition) is 2. The molecule has 1 saturated heterocycles. The Kier molecular flexibility index (Phi) is 7.35. The fourth-order valence-corrected chi connectivity index (χ4v) is 2.86. The predicted molar refractivity (Wildman–Crippen MR) is 85.1 cm³/mol. The number of benzene rings is 1. The predicted octanol–water partition coefficient (Wildman–Crippen LogP) is 2.50. The first-order chi connectivity index (χ1) is 10.1. The van der Waals surface area contributed by atoms with E-state index >= 15 is 0 Å². The summed E-state index contributed by atoms with van der Waals surface area (Å²) in [6.45, 7) is 2.69. The third-order valence-corrected chi connectivity index (χ3v) is 4.12. The van der Waals surface area contributed by atoms with Crippen LogP contribution >= 0.6 is 12.4 Å². The number of piperidine rings is 1. The Balaban J connectivity index is 0.00000242. The van der Waals surface area contributed by atoms with Gasteiger partial charge in [0, 0.05) is 6.54 Å². The average Bonchev–Trinajstić information content (AvgIpc) is 2.47. The molecule has 1 aromatic carbocycles. The van der Waals surface area contributed by atoms with Gasteiger partial charge in [0.05, 0.1) is 0 Å². The molecule has 122 valence electrons. The molecule has 0 saturated carbocycles. The first-order valence-corrected chi connectivity index (χ1v) is 7.28. The van der Waals surface area contributed by atoms with Crippen LogP contribution < -0.4 is 0 Å². The first-order valence-electron chi connectivity index (χ1n) is 7.28. The lowest BCUT2D eigenvalue weighted by Gasteiger charge is -2.32. The van der Waals surface area contributed by atoms with Crippen LogP contribution in [-0.4, -0.2) is 40.1 Å². The van der Waals surface area contributed by atoms with Gasteiger partial charge in [0.2, 0.25) is 0 Å². The van der Waals surface area contributed by atoms with Crippen LogP contribution in [0.25, 0.3) is 0 Å². The highest BCUT2D eigenvalue weighted by Crippen LogP contribution is 2.25. The minimum absolute atomic E-state index is 0. The van der Waals surface area contributed by atoms with Gasteiger partial charge in [0.15, 0.2) is 5.92 Å². The second-order valence-corrected chi connectivity index (χ2v) is 5.67. The van der Waals surface area contributed by atoms with Crippen molar-refractivity contribution in [3.8, 4) is 0 Å². The Morgan fingerprint density at radius 2 is 1.64 bits per heavy atom. The van der Waals surface area contributed by atoms with Crippen LogP contribution in [0.2, 0.25) is 0 Å². The monoisotopic (exact) mass is 327 g/mol. The summed E-state index contributed by atoms with van der Waals surface area (Å²) in [6.07, 6.45) is 1.97. The number of rotatable bonds is 6. The van der Waals surface area contributed by atoms with E-state index in [1.165, 1.54) is 5.56 Å². The lowest BCUT2D eigenvalue weighted by Crippen LogP contribution is -2.35. The molecule has 2 N–H and O–H groups in total. The van der Waals surface area contributed by atoms with Crippen LogP contribution in [0.4, 0.5) is 0 Å². The topological polar surface area (TPSA) is 77.8 Å². The van der Waals surface area contributed by atoms with E-state index < -0.39 is 17.9 Å². The zero-order valence-electron chi connectivity index (χ0n) is 12.4. The second-order valence-electron chi connectivity index (χ2n) is 5.67. The van der Waals surface area contributed by atoms with Gasteiger partial charge >= 0.3 is 11.9 Å². The SMILES string of the molecule is Cl.O=C(O)C(CC1CCN(Cc2ccccc2)CC1)C(=O)O. The molecule has 0 aliphatic carbocycles. The van der Waals surface area contributed by atoms with Crippen LogP contribution in [0.3, 0.4) is 0 Å². The van der Waals surface area contributed by atoms with Gasteiger partial charge in [-0.3, -0.25) is 14.5 Å². The molecule has 0 radical (unpaired) electrons. The van der Waals surface area contributed by atoms with Gasteiger partial charge < -0.3 is 10.2 Å².